The van der Waals surface area contributed by atoms with Gasteiger partial charge in [-0.3, -0.25) is 0 Å². The summed E-state index contributed by atoms with van der Waals surface area (Å²) in [5.41, 5.74) is 0. The largest absolute Gasteiger partial charge is 0.395 e. The van der Waals surface area contributed by atoms with E-state index in [1.807, 2.05) is 0 Å². The molecule has 0 bridgehead atoms. The lowest BCUT2D eigenvalue weighted by molar-refractivity contribution is 0.180. The Bertz CT molecular complexity index is 156. The van der Waals surface area contributed by atoms with Gasteiger partial charge in [0.15, 0.2) is 0 Å². The second kappa shape index (κ2) is 5.72. The molecule has 0 radical (unpaired) electrons. The van der Waals surface area contributed by atoms with Gasteiger partial charge in [0.25, 0.3) is 0 Å². The number of aliphatic hydroxyl groups is 1. The predicted octanol–water partition coefficient (Wildman–Crippen LogP) is 2.17. The van der Waals surface area contributed by atoms with Crippen LogP contribution in [0, 0.1) is 11.8 Å². The standard InChI is InChI=1S/C12H25NO/c1-4-11(8-14)13-12-6-5-9(2)10(3)7-12/h9-14H,4-8H2,1-3H3/t9-,10+,11-,12-/m0/s1. The summed E-state index contributed by atoms with van der Waals surface area (Å²) in [5, 5.41) is 12.7. The molecule has 0 spiro atoms. The first-order chi connectivity index (χ1) is 6.67. The van der Waals surface area contributed by atoms with Gasteiger partial charge in [0.1, 0.15) is 0 Å². The molecule has 0 saturated heterocycles. The molecule has 0 aromatic carbocycles. The average molecular weight is 199 g/mol. The van der Waals surface area contributed by atoms with Gasteiger partial charge >= 0.3 is 0 Å². The molecular formula is C12H25NO. The molecular weight excluding hydrogens is 174 g/mol. The van der Waals surface area contributed by atoms with Crippen LogP contribution in [0.1, 0.15) is 46.5 Å². The number of nitrogens with one attached hydrogen (secondary N) is 1. The summed E-state index contributed by atoms with van der Waals surface area (Å²) in [7, 11) is 0. The zero-order valence-electron chi connectivity index (χ0n) is 9.79. The number of hydrogen-bond acceptors (Lipinski definition) is 2. The Morgan fingerprint density at radius 1 is 1.29 bits per heavy atom. The molecule has 0 aliphatic heterocycles. The SMILES string of the molecule is CC[C@@H](CO)N[C@H]1CC[C@H](C)[C@H](C)C1. The molecule has 1 aliphatic carbocycles. The molecule has 14 heavy (non-hydrogen) atoms. The van der Waals surface area contributed by atoms with Gasteiger partial charge in [-0.15, -0.1) is 0 Å². The van der Waals surface area contributed by atoms with E-state index in [9.17, 15) is 0 Å². The molecule has 84 valence electrons. The van der Waals surface area contributed by atoms with Gasteiger partial charge in [0, 0.05) is 12.1 Å². The third-order valence-electron chi connectivity index (χ3n) is 3.78. The van der Waals surface area contributed by atoms with Crippen LogP contribution < -0.4 is 5.32 Å². The van der Waals surface area contributed by atoms with E-state index in [1.165, 1.54) is 19.3 Å². The summed E-state index contributed by atoms with van der Waals surface area (Å²) in [6, 6.07) is 0.943. The molecule has 2 heteroatoms. The Hall–Kier alpha value is -0.0800. The van der Waals surface area contributed by atoms with Crippen LogP contribution in [0.25, 0.3) is 0 Å². The Morgan fingerprint density at radius 2 is 2.00 bits per heavy atom. The van der Waals surface area contributed by atoms with Crippen molar-refractivity contribution in [3.05, 3.63) is 0 Å². The van der Waals surface area contributed by atoms with Gasteiger partial charge in [-0.1, -0.05) is 20.8 Å². The molecule has 0 heterocycles. The van der Waals surface area contributed by atoms with Crippen molar-refractivity contribution in [3.63, 3.8) is 0 Å². The molecule has 2 N–H and O–H groups in total. The summed E-state index contributed by atoms with van der Waals surface area (Å²) in [5.74, 6) is 1.71. The molecule has 2 nitrogen and oxygen atoms in total. The highest BCUT2D eigenvalue weighted by Crippen LogP contribution is 2.29. The Morgan fingerprint density at radius 3 is 2.50 bits per heavy atom. The Balaban J connectivity index is 2.32. The third kappa shape index (κ3) is 3.25. The normalized spacial score (nSPS) is 35.6. The summed E-state index contributed by atoms with van der Waals surface area (Å²) in [6.07, 6.45) is 4.91. The minimum absolute atomic E-state index is 0.275. The van der Waals surface area contributed by atoms with Crippen molar-refractivity contribution >= 4 is 0 Å². The van der Waals surface area contributed by atoms with Crippen LogP contribution in [0.15, 0.2) is 0 Å². The first-order valence-corrected chi connectivity index (χ1v) is 6.04. The van der Waals surface area contributed by atoms with Gasteiger partial charge in [0.05, 0.1) is 6.61 Å². The maximum Gasteiger partial charge on any atom is 0.0584 e. The Labute approximate surface area is 88.1 Å². The molecule has 1 saturated carbocycles. The monoisotopic (exact) mass is 199 g/mol. The van der Waals surface area contributed by atoms with E-state index >= 15 is 0 Å². The third-order valence-corrected chi connectivity index (χ3v) is 3.78. The van der Waals surface area contributed by atoms with Crippen molar-refractivity contribution in [2.45, 2.75) is 58.5 Å². The first kappa shape index (κ1) is 12.0. The van der Waals surface area contributed by atoms with Crippen molar-refractivity contribution in [2.24, 2.45) is 11.8 Å². The quantitative estimate of drug-likeness (QED) is 0.727. The fraction of sp³-hybridized carbons (Fsp3) is 1.00. The minimum Gasteiger partial charge on any atom is -0.395 e. The van der Waals surface area contributed by atoms with Crippen LogP contribution in [0.3, 0.4) is 0 Å². The fourth-order valence-corrected chi connectivity index (χ4v) is 2.33. The molecule has 0 aromatic heterocycles. The van der Waals surface area contributed by atoms with Gasteiger partial charge in [0.2, 0.25) is 0 Å². The van der Waals surface area contributed by atoms with Crippen LogP contribution in [-0.4, -0.2) is 23.8 Å². The lowest BCUT2D eigenvalue weighted by Gasteiger charge is -2.34. The van der Waals surface area contributed by atoms with Crippen molar-refractivity contribution in [1.82, 2.24) is 5.32 Å². The highest BCUT2D eigenvalue weighted by atomic mass is 16.3. The zero-order chi connectivity index (χ0) is 10.6. The molecule has 0 unspecified atom stereocenters. The number of hydrogen-bond donors (Lipinski definition) is 2. The van der Waals surface area contributed by atoms with E-state index < -0.39 is 0 Å². The lowest BCUT2D eigenvalue weighted by Crippen LogP contribution is -2.43. The van der Waals surface area contributed by atoms with E-state index in [-0.39, 0.29) is 6.61 Å². The Kier molecular flexibility index (Phi) is 4.90. The molecule has 1 rings (SSSR count). The average Bonchev–Trinajstić information content (AvgIpc) is 2.19. The van der Waals surface area contributed by atoms with E-state index in [0.29, 0.717) is 12.1 Å². The molecule has 1 aliphatic rings. The van der Waals surface area contributed by atoms with Gasteiger partial charge in [-0.2, -0.15) is 0 Å². The van der Waals surface area contributed by atoms with Crippen molar-refractivity contribution in [2.75, 3.05) is 6.61 Å². The first-order valence-electron chi connectivity index (χ1n) is 6.04. The smallest absolute Gasteiger partial charge is 0.0584 e. The minimum atomic E-state index is 0.275. The van der Waals surface area contributed by atoms with E-state index in [4.69, 9.17) is 5.11 Å². The predicted molar refractivity (Wildman–Crippen MR) is 60.3 cm³/mol. The highest BCUT2D eigenvalue weighted by Gasteiger charge is 2.25. The summed E-state index contributed by atoms with van der Waals surface area (Å²) in [6.45, 7) is 7.10. The molecule has 1 fully saturated rings. The maximum absolute atomic E-state index is 9.11. The molecule has 0 aromatic rings. The summed E-state index contributed by atoms with van der Waals surface area (Å²) in [4.78, 5) is 0. The molecule has 0 amide bonds. The van der Waals surface area contributed by atoms with Gasteiger partial charge in [-0.05, 0) is 37.5 Å². The second-order valence-corrected chi connectivity index (χ2v) is 4.92. The van der Waals surface area contributed by atoms with E-state index in [2.05, 4.69) is 26.1 Å². The van der Waals surface area contributed by atoms with Crippen LogP contribution in [0.2, 0.25) is 0 Å². The number of rotatable bonds is 4. The summed E-state index contributed by atoms with van der Waals surface area (Å²) >= 11 is 0. The highest BCUT2D eigenvalue weighted by molar-refractivity contribution is 4.82. The number of aliphatic hydroxyl groups excluding tert-OH is 1. The van der Waals surface area contributed by atoms with Gasteiger partial charge < -0.3 is 10.4 Å². The summed E-state index contributed by atoms with van der Waals surface area (Å²) < 4.78 is 0. The van der Waals surface area contributed by atoms with Crippen LogP contribution in [0.5, 0.6) is 0 Å². The van der Waals surface area contributed by atoms with Crippen molar-refractivity contribution in [3.8, 4) is 0 Å². The van der Waals surface area contributed by atoms with Gasteiger partial charge in [-0.25, -0.2) is 0 Å². The fourth-order valence-electron chi connectivity index (χ4n) is 2.33. The van der Waals surface area contributed by atoms with Crippen molar-refractivity contribution < 1.29 is 5.11 Å². The second-order valence-electron chi connectivity index (χ2n) is 4.92. The topological polar surface area (TPSA) is 32.3 Å². The van der Waals surface area contributed by atoms with Crippen LogP contribution in [-0.2, 0) is 0 Å². The van der Waals surface area contributed by atoms with E-state index in [0.717, 1.165) is 18.3 Å². The van der Waals surface area contributed by atoms with Crippen LogP contribution in [0.4, 0.5) is 0 Å². The van der Waals surface area contributed by atoms with Crippen LogP contribution >= 0.6 is 0 Å². The zero-order valence-corrected chi connectivity index (χ0v) is 9.79. The maximum atomic E-state index is 9.11. The van der Waals surface area contributed by atoms with E-state index in [1.54, 1.807) is 0 Å². The lowest BCUT2D eigenvalue weighted by atomic mass is 9.79. The molecule has 4 atom stereocenters. The van der Waals surface area contributed by atoms with Crippen molar-refractivity contribution in [1.29, 1.82) is 0 Å².